The van der Waals surface area contributed by atoms with Crippen LogP contribution in [0.3, 0.4) is 0 Å². The molecule has 1 aromatic heterocycles. The lowest BCUT2D eigenvalue weighted by atomic mass is 9.75. The number of ether oxygens (including phenoxy) is 1. The van der Waals surface area contributed by atoms with Crippen molar-refractivity contribution in [2.75, 3.05) is 6.61 Å². The molecular formula is C14H25N3O2. The Morgan fingerprint density at radius 1 is 1.53 bits per heavy atom. The molecule has 0 aromatic carbocycles. The van der Waals surface area contributed by atoms with Crippen LogP contribution >= 0.6 is 0 Å². The molecule has 1 aliphatic carbocycles. The first-order valence-electron chi connectivity index (χ1n) is 7.23. The molecule has 0 aliphatic heterocycles. The van der Waals surface area contributed by atoms with Crippen LogP contribution in [0.5, 0.6) is 0 Å². The molecule has 108 valence electrons. The summed E-state index contributed by atoms with van der Waals surface area (Å²) in [6, 6.07) is 0. The molecule has 0 saturated heterocycles. The fourth-order valence-corrected chi connectivity index (χ4v) is 2.98. The largest absolute Gasteiger partial charge is 0.390 e. The molecule has 1 aromatic rings. The number of rotatable bonds is 5. The highest BCUT2D eigenvalue weighted by atomic mass is 16.5. The monoisotopic (exact) mass is 267 g/mol. The van der Waals surface area contributed by atoms with Gasteiger partial charge in [-0.2, -0.15) is 0 Å². The normalized spacial score (nSPS) is 29.4. The van der Waals surface area contributed by atoms with Gasteiger partial charge >= 0.3 is 0 Å². The van der Waals surface area contributed by atoms with Crippen LogP contribution in [0, 0.1) is 5.92 Å². The summed E-state index contributed by atoms with van der Waals surface area (Å²) in [5.74, 6) is 0.734. The maximum Gasteiger partial charge on any atom is 0.0944 e. The van der Waals surface area contributed by atoms with Crippen molar-refractivity contribution >= 4 is 0 Å². The lowest BCUT2D eigenvalue weighted by molar-refractivity contribution is -0.143. The van der Waals surface area contributed by atoms with Crippen molar-refractivity contribution in [3.63, 3.8) is 0 Å². The highest BCUT2D eigenvalue weighted by Gasteiger charge is 2.41. The van der Waals surface area contributed by atoms with Gasteiger partial charge in [0.1, 0.15) is 0 Å². The molecule has 5 nitrogen and oxygen atoms in total. The molecule has 1 N–H and O–H groups in total. The Hall–Kier alpha value is -0.940. The Morgan fingerprint density at radius 2 is 2.21 bits per heavy atom. The summed E-state index contributed by atoms with van der Waals surface area (Å²) in [6.45, 7) is 4.91. The van der Waals surface area contributed by atoms with Crippen LogP contribution in [-0.4, -0.2) is 38.4 Å². The smallest absolute Gasteiger partial charge is 0.0944 e. The van der Waals surface area contributed by atoms with Gasteiger partial charge in [-0.25, -0.2) is 0 Å². The fraction of sp³-hybridized carbons (Fsp3) is 0.857. The Labute approximate surface area is 115 Å². The predicted octanol–water partition coefficient (Wildman–Crippen LogP) is 1.70. The summed E-state index contributed by atoms with van der Waals surface area (Å²) in [5, 5.41) is 18.6. The number of hydrogen-bond donors (Lipinski definition) is 1. The van der Waals surface area contributed by atoms with Gasteiger partial charge < -0.3 is 9.84 Å². The van der Waals surface area contributed by atoms with E-state index in [0.29, 0.717) is 13.0 Å². The Kier molecular flexibility index (Phi) is 4.58. The summed E-state index contributed by atoms with van der Waals surface area (Å²) < 4.78 is 7.62. The van der Waals surface area contributed by atoms with Crippen molar-refractivity contribution in [1.29, 1.82) is 0 Å². The van der Waals surface area contributed by atoms with Crippen molar-refractivity contribution in [1.82, 2.24) is 15.0 Å². The number of aromatic nitrogens is 3. The molecule has 1 fully saturated rings. The Balaban J connectivity index is 2.05. The summed E-state index contributed by atoms with van der Waals surface area (Å²) >= 11 is 0. The standard InChI is InChI=1S/C14H25N3O2/c1-4-19-14(7-5-11(2)6-8-14)13(18)9-12-10-17(3)16-15-12/h10-11,13,18H,4-9H2,1-3H3. The lowest BCUT2D eigenvalue weighted by Gasteiger charge is -2.42. The van der Waals surface area contributed by atoms with Crippen LogP contribution in [0.25, 0.3) is 0 Å². The highest BCUT2D eigenvalue weighted by molar-refractivity contribution is 5.01. The lowest BCUT2D eigenvalue weighted by Crippen LogP contribution is -2.48. The third-order valence-electron chi connectivity index (χ3n) is 4.21. The first-order valence-corrected chi connectivity index (χ1v) is 7.23. The number of nitrogens with zero attached hydrogens (tertiary/aromatic N) is 3. The number of hydrogen-bond acceptors (Lipinski definition) is 4. The van der Waals surface area contributed by atoms with Gasteiger partial charge in [0.25, 0.3) is 0 Å². The second-order valence-corrected chi connectivity index (χ2v) is 5.78. The van der Waals surface area contributed by atoms with Gasteiger partial charge in [-0.15, -0.1) is 5.10 Å². The number of aryl methyl sites for hydroxylation is 1. The van der Waals surface area contributed by atoms with E-state index in [9.17, 15) is 5.11 Å². The molecular weight excluding hydrogens is 242 g/mol. The first-order chi connectivity index (χ1) is 9.05. The molecule has 0 spiro atoms. The SMILES string of the molecule is CCOC1(C(O)Cc2cn(C)nn2)CCC(C)CC1. The molecule has 5 heteroatoms. The molecule has 1 unspecified atom stereocenters. The summed E-state index contributed by atoms with van der Waals surface area (Å²) in [7, 11) is 1.84. The molecule has 1 atom stereocenters. The minimum Gasteiger partial charge on any atom is -0.390 e. The van der Waals surface area contributed by atoms with E-state index in [0.717, 1.165) is 37.3 Å². The number of aliphatic hydroxyl groups excluding tert-OH is 1. The summed E-state index contributed by atoms with van der Waals surface area (Å²) in [6.07, 6.45) is 5.98. The highest BCUT2D eigenvalue weighted by Crippen LogP contribution is 2.38. The average Bonchev–Trinajstić information content (AvgIpc) is 2.78. The zero-order chi connectivity index (χ0) is 13.9. The topological polar surface area (TPSA) is 60.2 Å². The molecule has 2 rings (SSSR count). The van der Waals surface area contributed by atoms with E-state index in [1.165, 1.54) is 0 Å². The van der Waals surface area contributed by atoms with Crippen LogP contribution in [0.4, 0.5) is 0 Å². The molecule has 19 heavy (non-hydrogen) atoms. The van der Waals surface area contributed by atoms with Crippen molar-refractivity contribution in [3.05, 3.63) is 11.9 Å². The van der Waals surface area contributed by atoms with Crippen molar-refractivity contribution < 1.29 is 9.84 Å². The van der Waals surface area contributed by atoms with E-state index in [2.05, 4.69) is 17.2 Å². The molecule has 1 saturated carbocycles. The van der Waals surface area contributed by atoms with Crippen molar-refractivity contribution in [2.24, 2.45) is 13.0 Å². The Bertz CT molecular complexity index is 397. The Morgan fingerprint density at radius 3 is 2.74 bits per heavy atom. The summed E-state index contributed by atoms with van der Waals surface area (Å²) in [4.78, 5) is 0. The van der Waals surface area contributed by atoms with E-state index < -0.39 is 11.7 Å². The second-order valence-electron chi connectivity index (χ2n) is 5.78. The first kappa shape index (κ1) is 14.5. The van der Waals surface area contributed by atoms with Gasteiger partial charge in [0.05, 0.1) is 17.4 Å². The van der Waals surface area contributed by atoms with Crippen LogP contribution in [0.15, 0.2) is 6.20 Å². The van der Waals surface area contributed by atoms with E-state index in [1.807, 2.05) is 20.2 Å². The maximum absolute atomic E-state index is 10.6. The van der Waals surface area contributed by atoms with Gasteiger partial charge in [-0.3, -0.25) is 4.68 Å². The molecule has 1 aliphatic rings. The van der Waals surface area contributed by atoms with Gasteiger partial charge in [0.15, 0.2) is 0 Å². The third kappa shape index (κ3) is 3.34. The van der Waals surface area contributed by atoms with Crippen LogP contribution in [0.2, 0.25) is 0 Å². The third-order valence-corrected chi connectivity index (χ3v) is 4.21. The van der Waals surface area contributed by atoms with Gasteiger partial charge in [-0.05, 0) is 38.5 Å². The molecule has 0 amide bonds. The van der Waals surface area contributed by atoms with E-state index in [-0.39, 0.29) is 0 Å². The van der Waals surface area contributed by atoms with E-state index >= 15 is 0 Å². The minimum absolute atomic E-state index is 0.390. The quantitative estimate of drug-likeness (QED) is 0.882. The van der Waals surface area contributed by atoms with Gasteiger partial charge in [0, 0.05) is 26.3 Å². The zero-order valence-electron chi connectivity index (χ0n) is 12.2. The molecule has 1 heterocycles. The van der Waals surface area contributed by atoms with Gasteiger partial charge in [-0.1, -0.05) is 12.1 Å². The second kappa shape index (κ2) is 6.01. The van der Waals surface area contributed by atoms with Crippen molar-refractivity contribution in [3.8, 4) is 0 Å². The molecule has 0 radical (unpaired) electrons. The predicted molar refractivity (Wildman–Crippen MR) is 72.7 cm³/mol. The maximum atomic E-state index is 10.6. The van der Waals surface area contributed by atoms with E-state index in [1.54, 1.807) is 4.68 Å². The average molecular weight is 267 g/mol. The van der Waals surface area contributed by atoms with Crippen LogP contribution in [0.1, 0.15) is 45.2 Å². The van der Waals surface area contributed by atoms with Crippen molar-refractivity contribution in [2.45, 2.75) is 57.7 Å². The zero-order valence-corrected chi connectivity index (χ0v) is 12.2. The fourth-order valence-electron chi connectivity index (χ4n) is 2.98. The molecule has 0 bridgehead atoms. The minimum atomic E-state index is -0.503. The number of aliphatic hydroxyl groups is 1. The summed E-state index contributed by atoms with van der Waals surface area (Å²) in [5.41, 5.74) is 0.436. The van der Waals surface area contributed by atoms with Crippen LogP contribution < -0.4 is 0 Å². The van der Waals surface area contributed by atoms with E-state index in [4.69, 9.17) is 4.74 Å². The van der Waals surface area contributed by atoms with Crippen LogP contribution in [-0.2, 0) is 18.2 Å². The van der Waals surface area contributed by atoms with Gasteiger partial charge in [0.2, 0.25) is 0 Å².